The van der Waals surface area contributed by atoms with Crippen LogP contribution in [-0.4, -0.2) is 16.1 Å². The highest BCUT2D eigenvalue weighted by Crippen LogP contribution is 2.21. The Balaban J connectivity index is 1.70. The molecule has 3 rings (SSSR count). The van der Waals surface area contributed by atoms with Crippen LogP contribution in [0.5, 0.6) is 0 Å². The fourth-order valence-electron chi connectivity index (χ4n) is 2.08. The number of thiophene rings is 1. The maximum Gasteiger partial charge on any atom is 0.266 e. The van der Waals surface area contributed by atoms with Crippen LogP contribution in [0.3, 0.4) is 0 Å². The van der Waals surface area contributed by atoms with Gasteiger partial charge < -0.3 is 10.6 Å². The summed E-state index contributed by atoms with van der Waals surface area (Å²) in [6.07, 6.45) is 0. The smallest absolute Gasteiger partial charge is 0.266 e. The van der Waals surface area contributed by atoms with Crippen molar-refractivity contribution in [3.63, 3.8) is 0 Å². The molecule has 116 valence electrons. The van der Waals surface area contributed by atoms with Gasteiger partial charge in [0.2, 0.25) is 0 Å². The fourth-order valence-corrected chi connectivity index (χ4v) is 2.69. The Labute approximate surface area is 138 Å². The molecule has 0 radical (unpaired) electrons. The first-order valence-corrected chi connectivity index (χ1v) is 8.03. The van der Waals surface area contributed by atoms with Crippen molar-refractivity contribution in [3.05, 3.63) is 63.8 Å². The van der Waals surface area contributed by atoms with Crippen molar-refractivity contribution in [1.29, 1.82) is 0 Å². The Morgan fingerprint density at radius 2 is 1.78 bits per heavy atom. The quantitative estimate of drug-likeness (QED) is 0.756. The highest BCUT2D eigenvalue weighted by Gasteiger charge is 2.08. The van der Waals surface area contributed by atoms with Gasteiger partial charge in [0, 0.05) is 5.69 Å². The van der Waals surface area contributed by atoms with Crippen molar-refractivity contribution in [2.75, 3.05) is 10.6 Å². The van der Waals surface area contributed by atoms with Crippen LogP contribution < -0.4 is 10.6 Å². The molecule has 0 spiro atoms. The number of anilines is 3. The topological polar surface area (TPSA) is 66.9 Å². The number of hydrogen-bond donors (Lipinski definition) is 2. The lowest BCUT2D eigenvalue weighted by atomic mass is 10.1. The van der Waals surface area contributed by atoms with E-state index in [2.05, 4.69) is 40.7 Å². The number of benzene rings is 1. The van der Waals surface area contributed by atoms with Gasteiger partial charge >= 0.3 is 0 Å². The van der Waals surface area contributed by atoms with Gasteiger partial charge in [0.25, 0.3) is 5.91 Å². The molecule has 1 aromatic carbocycles. The zero-order chi connectivity index (χ0) is 16.2. The zero-order valence-electron chi connectivity index (χ0n) is 12.8. The Hall–Kier alpha value is -2.73. The first-order chi connectivity index (χ1) is 11.1. The molecule has 2 aromatic heterocycles. The van der Waals surface area contributed by atoms with E-state index in [1.165, 1.54) is 22.5 Å². The van der Waals surface area contributed by atoms with Crippen molar-refractivity contribution < 1.29 is 4.79 Å². The van der Waals surface area contributed by atoms with Gasteiger partial charge in [-0.2, -0.15) is 0 Å². The average molecular weight is 324 g/mol. The van der Waals surface area contributed by atoms with E-state index in [1.807, 2.05) is 23.6 Å². The van der Waals surface area contributed by atoms with Crippen LogP contribution in [0.4, 0.5) is 17.3 Å². The largest absolute Gasteiger partial charge is 0.339 e. The van der Waals surface area contributed by atoms with Crippen molar-refractivity contribution >= 4 is 34.6 Å². The molecule has 0 atom stereocenters. The predicted molar refractivity (Wildman–Crippen MR) is 93.5 cm³/mol. The van der Waals surface area contributed by atoms with Gasteiger partial charge in [-0.15, -0.1) is 21.5 Å². The van der Waals surface area contributed by atoms with Gasteiger partial charge in [-0.25, -0.2) is 0 Å². The van der Waals surface area contributed by atoms with E-state index in [0.717, 1.165) is 5.69 Å². The summed E-state index contributed by atoms with van der Waals surface area (Å²) in [7, 11) is 0. The second kappa shape index (κ2) is 6.58. The molecule has 0 saturated carbocycles. The summed E-state index contributed by atoms with van der Waals surface area (Å²) < 4.78 is 0. The molecule has 23 heavy (non-hydrogen) atoms. The molecule has 5 nitrogen and oxygen atoms in total. The van der Waals surface area contributed by atoms with E-state index in [0.29, 0.717) is 16.5 Å². The Morgan fingerprint density at radius 1 is 1.00 bits per heavy atom. The molecular formula is C17H16N4OS. The molecule has 0 saturated heterocycles. The summed E-state index contributed by atoms with van der Waals surface area (Å²) in [5.41, 5.74) is 3.38. The molecule has 2 heterocycles. The maximum atomic E-state index is 11.9. The third-order valence-electron chi connectivity index (χ3n) is 3.52. The van der Waals surface area contributed by atoms with E-state index in [1.54, 1.807) is 18.2 Å². The summed E-state index contributed by atoms with van der Waals surface area (Å²) in [6, 6.07) is 13.2. The second-order valence-electron chi connectivity index (χ2n) is 5.11. The molecule has 0 aliphatic heterocycles. The third-order valence-corrected chi connectivity index (χ3v) is 4.39. The highest BCUT2D eigenvalue weighted by molar-refractivity contribution is 7.12. The summed E-state index contributed by atoms with van der Waals surface area (Å²) in [5, 5.41) is 16.0. The van der Waals surface area contributed by atoms with Crippen molar-refractivity contribution in [2.45, 2.75) is 13.8 Å². The summed E-state index contributed by atoms with van der Waals surface area (Å²) in [6.45, 7) is 4.12. The van der Waals surface area contributed by atoms with E-state index < -0.39 is 0 Å². The number of carbonyl (C=O) groups excluding carboxylic acids is 1. The monoisotopic (exact) mass is 324 g/mol. The number of hydrogen-bond acceptors (Lipinski definition) is 5. The minimum absolute atomic E-state index is 0.176. The van der Waals surface area contributed by atoms with Gasteiger partial charge in [-0.1, -0.05) is 18.2 Å². The fraction of sp³-hybridized carbons (Fsp3) is 0.118. The van der Waals surface area contributed by atoms with Crippen LogP contribution in [0.15, 0.2) is 47.8 Å². The maximum absolute atomic E-state index is 11.9. The number of aromatic nitrogens is 2. The normalized spacial score (nSPS) is 10.3. The lowest BCUT2D eigenvalue weighted by molar-refractivity contribution is 0.103. The van der Waals surface area contributed by atoms with Crippen LogP contribution in [0.1, 0.15) is 20.8 Å². The molecule has 0 unspecified atom stereocenters. The van der Waals surface area contributed by atoms with Crippen molar-refractivity contribution in [3.8, 4) is 0 Å². The Morgan fingerprint density at radius 3 is 2.48 bits per heavy atom. The van der Waals surface area contributed by atoms with E-state index in [4.69, 9.17) is 0 Å². The van der Waals surface area contributed by atoms with Crippen LogP contribution in [0, 0.1) is 13.8 Å². The second-order valence-corrected chi connectivity index (χ2v) is 6.06. The first kappa shape index (κ1) is 15.2. The van der Waals surface area contributed by atoms with Crippen LogP contribution in [-0.2, 0) is 0 Å². The molecular weight excluding hydrogens is 308 g/mol. The predicted octanol–water partition coefficient (Wildman–Crippen LogP) is 4.15. The van der Waals surface area contributed by atoms with Crippen LogP contribution in [0.25, 0.3) is 0 Å². The van der Waals surface area contributed by atoms with Crippen LogP contribution >= 0.6 is 11.3 Å². The van der Waals surface area contributed by atoms with Gasteiger partial charge in [-0.3, -0.25) is 4.79 Å². The standard InChI is InChI=1S/C17H16N4OS/c1-11-5-3-6-13(12(11)2)18-15-8-9-16(21-20-15)19-17(22)14-7-4-10-23-14/h3-10H,1-2H3,(H,18,20)(H,19,21,22). The van der Waals surface area contributed by atoms with Gasteiger partial charge in [0.1, 0.15) is 0 Å². The first-order valence-electron chi connectivity index (χ1n) is 7.15. The number of amides is 1. The highest BCUT2D eigenvalue weighted by atomic mass is 32.1. The minimum Gasteiger partial charge on any atom is -0.339 e. The minimum atomic E-state index is -0.176. The van der Waals surface area contributed by atoms with Crippen molar-refractivity contribution in [2.24, 2.45) is 0 Å². The zero-order valence-corrected chi connectivity index (χ0v) is 13.6. The summed E-state index contributed by atoms with van der Waals surface area (Å²) in [4.78, 5) is 12.6. The lowest BCUT2D eigenvalue weighted by Gasteiger charge is -2.10. The van der Waals surface area contributed by atoms with E-state index in [-0.39, 0.29) is 5.91 Å². The lowest BCUT2D eigenvalue weighted by Crippen LogP contribution is -2.12. The molecule has 0 aliphatic carbocycles. The molecule has 6 heteroatoms. The van der Waals surface area contributed by atoms with E-state index in [9.17, 15) is 4.79 Å². The molecule has 1 amide bonds. The summed E-state index contributed by atoms with van der Waals surface area (Å²) in [5.74, 6) is 0.882. The van der Waals surface area contributed by atoms with E-state index >= 15 is 0 Å². The average Bonchev–Trinajstić information content (AvgIpc) is 3.08. The molecule has 2 N–H and O–H groups in total. The summed E-state index contributed by atoms with van der Waals surface area (Å²) >= 11 is 1.39. The van der Waals surface area contributed by atoms with Gasteiger partial charge in [0.05, 0.1) is 4.88 Å². The van der Waals surface area contributed by atoms with Crippen LogP contribution in [0.2, 0.25) is 0 Å². The number of nitrogens with zero attached hydrogens (tertiary/aromatic N) is 2. The third kappa shape index (κ3) is 3.54. The Kier molecular flexibility index (Phi) is 4.34. The van der Waals surface area contributed by atoms with Gasteiger partial charge in [-0.05, 0) is 54.6 Å². The molecule has 0 fully saturated rings. The number of aryl methyl sites for hydroxylation is 1. The Bertz CT molecular complexity index is 813. The number of nitrogens with one attached hydrogen (secondary N) is 2. The molecule has 0 aliphatic rings. The number of carbonyl (C=O) groups is 1. The SMILES string of the molecule is Cc1cccc(Nc2ccc(NC(=O)c3cccs3)nn2)c1C. The molecule has 0 bridgehead atoms. The van der Waals surface area contributed by atoms with Crippen molar-refractivity contribution in [1.82, 2.24) is 10.2 Å². The van der Waals surface area contributed by atoms with Gasteiger partial charge in [0.15, 0.2) is 11.6 Å². The number of rotatable bonds is 4. The molecule has 3 aromatic rings.